The lowest BCUT2D eigenvalue weighted by molar-refractivity contribution is -0.128. The van der Waals surface area contributed by atoms with Crippen LogP contribution in [-0.2, 0) is 17.8 Å². The number of amides is 1. The second-order valence-electron chi connectivity index (χ2n) is 7.80. The summed E-state index contributed by atoms with van der Waals surface area (Å²) in [6, 6.07) is 21.0. The summed E-state index contributed by atoms with van der Waals surface area (Å²) in [6.45, 7) is 5.96. The maximum atomic E-state index is 13.0. The maximum absolute atomic E-state index is 13.0. The van der Waals surface area contributed by atoms with Gasteiger partial charge in [0.1, 0.15) is 11.6 Å². The third-order valence-corrected chi connectivity index (χ3v) is 5.79. The van der Waals surface area contributed by atoms with E-state index in [1.807, 2.05) is 23.1 Å². The number of piperazine rings is 1. The lowest BCUT2D eigenvalue weighted by atomic mass is 10.1. The van der Waals surface area contributed by atoms with Crippen molar-refractivity contribution in [1.29, 1.82) is 5.26 Å². The third kappa shape index (κ3) is 4.18. The molecule has 4 rings (SSSR count). The molecule has 0 spiro atoms. The first-order chi connectivity index (χ1) is 14.2. The Balaban J connectivity index is 1.41. The number of nitriles is 1. The van der Waals surface area contributed by atoms with Crippen LogP contribution in [0.25, 0.3) is 0 Å². The molecule has 2 aromatic rings. The van der Waals surface area contributed by atoms with E-state index < -0.39 is 0 Å². The minimum Gasteiger partial charge on any atom is -0.343 e. The number of hydrogen-bond donors (Lipinski definition) is 0. The van der Waals surface area contributed by atoms with Crippen molar-refractivity contribution in [2.24, 2.45) is 0 Å². The number of hydrogen-bond acceptors (Lipinski definition) is 4. The van der Waals surface area contributed by atoms with Crippen LogP contribution in [0.1, 0.15) is 18.1 Å². The average Bonchev–Trinajstić information content (AvgIpc) is 3.07. The maximum Gasteiger partial charge on any atom is 0.266 e. The fourth-order valence-electron chi connectivity index (χ4n) is 4.18. The topological polar surface area (TPSA) is 50.6 Å². The summed E-state index contributed by atoms with van der Waals surface area (Å²) in [4.78, 5) is 19.2. The van der Waals surface area contributed by atoms with Crippen molar-refractivity contribution in [3.8, 4) is 6.07 Å². The fourth-order valence-corrected chi connectivity index (χ4v) is 4.18. The molecule has 1 unspecified atom stereocenters. The zero-order chi connectivity index (χ0) is 20.2. The number of carbonyl (C=O) groups excluding carboxylic acids is 1. The minimum absolute atomic E-state index is 0.163. The molecule has 148 valence electrons. The van der Waals surface area contributed by atoms with E-state index in [1.165, 1.54) is 11.1 Å². The summed E-state index contributed by atoms with van der Waals surface area (Å²) < 4.78 is 0. The summed E-state index contributed by atoms with van der Waals surface area (Å²) in [6.07, 6.45) is 2.67. The van der Waals surface area contributed by atoms with Gasteiger partial charge < -0.3 is 9.80 Å². The second kappa shape index (κ2) is 8.50. The number of nitrogens with zero attached hydrogens (tertiary/aromatic N) is 4. The molecule has 2 aliphatic heterocycles. The SMILES string of the molecule is CC1Cc2ccccc2N1/C=C(/C#N)C(=O)N1CCN(Cc2ccccc2)CC1. The van der Waals surface area contributed by atoms with E-state index in [0.717, 1.165) is 31.7 Å². The minimum atomic E-state index is -0.163. The standard InChI is InChI=1S/C24H26N4O/c1-19-15-21-9-5-6-10-23(21)28(19)18-22(16-25)24(29)27-13-11-26(12-14-27)17-20-7-3-2-4-8-20/h2-10,18-19H,11-15,17H2,1H3/b22-18-. The van der Waals surface area contributed by atoms with Crippen LogP contribution in [0, 0.1) is 11.3 Å². The van der Waals surface area contributed by atoms with Gasteiger partial charge in [0, 0.05) is 50.7 Å². The van der Waals surface area contributed by atoms with Crippen molar-refractivity contribution >= 4 is 11.6 Å². The Labute approximate surface area is 172 Å². The van der Waals surface area contributed by atoms with Crippen molar-refractivity contribution in [2.45, 2.75) is 25.9 Å². The summed E-state index contributed by atoms with van der Waals surface area (Å²) >= 11 is 0. The molecule has 0 aliphatic carbocycles. The smallest absolute Gasteiger partial charge is 0.266 e. The van der Waals surface area contributed by atoms with Gasteiger partial charge in [-0.15, -0.1) is 0 Å². The summed E-state index contributed by atoms with van der Waals surface area (Å²) in [7, 11) is 0. The average molecular weight is 386 g/mol. The van der Waals surface area contributed by atoms with Crippen molar-refractivity contribution in [1.82, 2.24) is 9.80 Å². The quantitative estimate of drug-likeness (QED) is 0.598. The molecule has 0 bridgehead atoms. The highest BCUT2D eigenvalue weighted by Crippen LogP contribution is 2.32. The van der Waals surface area contributed by atoms with E-state index in [2.05, 4.69) is 59.2 Å². The van der Waals surface area contributed by atoms with Crippen LogP contribution in [-0.4, -0.2) is 47.9 Å². The third-order valence-electron chi connectivity index (χ3n) is 5.79. The number of carbonyl (C=O) groups is 1. The molecule has 1 atom stereocenters. The molecule has 0 N–H and O–H groups in total. The first kappa shape index (κ1) is 19.2. The predicted octanol–water partition coefficient (Wildman–Crippen LogP) is 3.19. The monoisotopic (exact) mass is 386 g/mol. The van der Waals surface area contributed by atoms with E-state index >= 15 is 0 Å². The van der Waals surface area contributed by atoms with Gasteiger partial charge >= 0.3 is 0 Å². The Bertz CT molecular complexity index is 939. The Morgan fingerprint density at radius 1 is 1.07 bits per heavy atom. The Kier molecular flexibility index (Phi) is 5.64. The highest BCUT2D eigenvalue weighted by molar-refractivity contribution is 5.97. The molecular formula is C24H26N4O. The van der Waals surface area contributed by atoms with Crippen molar-refractivity contribution in [2.75, 3.05) is 31.1 Å². The van der Waals surface area contributed by atoms with Gasteiger partial charge in [-0.25, -0.2) is 0 Å². The summed E-state index contributed by atoms with van der Waals surface area (Å²) in [5.41, 5.74) is 3.85. The fraction of sp³-hybridized carbons (Fsp3) is 0.333. The van der Waals surface area contributed by atoms with Crippen LogP contribution in [0.3, 0.4) is 0 Å². The molecule has 0 saturated carbocycles. The molecule has 5 nitrogen and oxygen atoms in total. The highest BCUT2D eigenvalue weighted by atomic mass is 16.2. The molecule has 2 heterocycles. The van der Waals surface area contributed by atoms with Crippen LogP contribution < -0.4 is 4.90 Å². The summed E-state index contributed by atoms with van der Waals surface area (Å²) in [5.74, 6) is -0.163. The van der Waals surface area contributed by atoms with Crippen LogP contribution in [0.15, 0.2) is 66.4 Å². The van der Waals surface area contributed by atoms with Gasteiger partial charge in [0.15, 0.2) is 0 Å². The number of para-hydroxylation sites is 1. The Morgan fingerprint density at radius 3 is 2.48 bits per heavy atom. The Morgan fingerprint density at radius 2 is 1.76 bits per heavy atom. The molecule has 2 aliphatic rings. The zero-order valence-corrected chi connectivity index (χ0v) is 16.8. The van der Waals surface area contributed by atoms with Crippen molar-refractivity contribution in [3.63, 3.8) is 0 Å². The zero-order valence-electron chi connectivity index (χ0n) is 16.8. The molecule has 29 heavy (non-hydrogen) atoms. The molecule has 1 fully saturated rings. The lowest BCUT2D eigenvalue weighted by Crippen LogP contribution is -2.48. The van der Waals surface area contributed by atoms with Crippen molar-refractivity contribution < 1.29 is 4.79 Å². The highest BCUT2D eigenvalue weighted by Gasteiger charge is 2.28. The van der Waals surface area contributed by atoms with Gasteiger partial charge in [0.2, 0.25) is 0 Å². The van der Waals surface area contributed by atoms with Crippen LogP contribution in [0.4, 0.5) is 5.69 Å². The second-order valence-corrected chi connectivity index (χ2v) is 7.80. The molecular weight excluding hydrogens is 360 g/mol. The van der Waals surface area contributed by atoms with Crippen LogP contribution in [0.2, 0.25) is 0 Å². The van der Waals surface area contributed by atoms with E-state index in [4.69, 9.17) is 0 Å². The molecule has 0 radical (unpaired) electrons. The van der Waals surface area contributed by atoms with Crippen LogP contribution in [0.5, 0.6) is 0 Å². The molecule has 2 aromatic carbocycles. The van der Waals surface area contributed by atoms with E-state index in [-0.39, 0.29) is 17.5 Å². The van der Waals surface area contributed by atoms with Gasteiger partial charge in [-0.05, 0) is 30.5 Å². The lowest BCUT2D eigenvalue weighted by Gasteiger charge is -2.34. The predicted molar refractivity (Wildman–Crippen MR) is 114 cm³/mol. The normalized spacial score (nSPS) is 19.7. The van der Waals surface area contributed by atoms with Gasteiger partial charge in [-0.2, -0.15) is 5.26 Å². The first-order valence-corrected chi connectivity index (χ1v) is 10.2. The number of fused-ring (bicyclic) bond motifs is 1. The largest absolute Gasteiger partial charge is 0.343 e. The van der Waals surface area contributed by atoms with E-state index in [0.29, 0.717) is 13.1 Å². The summed E-state index contributed by atoms with van der Waals surface area (Å²) in [5, 5.41) is 9.67. The van der Waals surface area contributed by atoms with Gasteiger partial charge in [0.25, 0.3) is 5.91 Å². The van der Waals surface area contributed by atoms with Gasteiger partial charge in [-0.3, -0.25) is 9.69 Å². The van der Waals surface area contributed by atoms with Crippen molar-refractivity contribution in [3.05, 3.63) is 77.5 Å². The van der Waals surface area contributed by atoms with Gasteiger partial charge in [-0.1, -0.05) is 48.5 Å². The van der Waals surface area contributed by atoms with E-state index in [1.54, 1.807) is 6.20 Å². The molecule has 5 heteroatoms. The molecule has 0 aromatic heterocycles. The van der Waals surface area contributed by atoms with Crippen LogP contribution >= 0.6 is 0 Å². The Hall–Kier alpha value is -3.10. The number of anilines is 1. The van der Waals surface area contributed by atoms with E-state index in [9.17, 15) is 10.1 Å². The molecule has 1 saturated heterocycles. The first-order valence-electron chi connectivity index (χ1n) is 10.2. The molecule has 1 amide bonds. The number of rotatable bonds is 4. The number of benzene rings is 2. The van der Waals surface area contributed by atoms with Gasteiger partial charge in [0.05, 0.1) is 0 Å².